The zero-order valence-electron chi connectivity index (χ0n) is 16.2. The Morgan fingerprint density at radius 3 is 2.63 bits per heavy atom. The highest BCUT2D eigenvalue weighted by Gasteiger charge is 2.53. The fraction of sp³-hybridized carbons (Fsp3) is 0.667. The van der Waals surface area contributed by atoms with Gasteiger partial charge in [-0.3, -0.25) is 14.6 Å². The van der Waals surface area contributed by atoms with Gasteiger partial charge < -0.3 is 15.2 Å². The molecule has 2 saturated heterocycles. The van der Waals surface area contributed by atoms with E-state index >= 15 is 0 Å². The lowest BCUT2D eigenvalue weighted by Gasteiger charge is -2.43. The molecule has 148 valence electrons. The maximum Gasteiger partial charge on any atom is 0.320 e. The predicted molar refractivity (Wildman–Crippen MR) is 104 cm³/mol. The number of hydrogen-bond acceptors (Lipinski definition) is 6. The van der Waals surface area contributed by atoms with Crippen LogP contribution in [0.25, 0.3) is 0 Å². The van der Waals surface area contributed by atoms with Gasteiger partial charge in [0, 0.05) is 31.6 Å². The molecule has 27 heavy (non-hydrogen) atoms. The quantitative estimate of drug-likeness (QED) is 0.765. The Morgan fingerprint density at radius 2 is 1.93 bits per heavy atom. The van der Waals surface area contributed by atoms with Gasteiger partial charge in [-0.2, -0.15) is 0 Å². The van der Waals surface area contributed by atoms with E-state index in [9.17, 15) is 9.90 Å². The lowest BCUT2D eigenvalue weighted by atomic mass is 9.72. The highest BCUT2D eigenvalue weighted by Crippen LogP contribution is 2.52. The molecule has 0 radical (unpaired) electrons. The van der Waals surface area contributed by atoms with Crippen LogP contribution in [-0.4, -0.2) is 79.4 Å². The first-order chi connectivity index (χ1) is 13.2. The Morgan fingerprint density at radius 1 is 1.22 bits per heavy atom. The zero-order valence-corrected chi connectivity index (χ0v) is 16.2. The van der Waals surface area contributed by atoms with E-state index in [-0.39, 0.29) is 23.5 Å². The number of esters is 1. The molecule has 1 aliphatic carbocycles. The molecule has 4 rings (SSSR count). The molecule has 1 aromatic rings. The number of nitrogens with zero attached hydrogens (tertiary/aromatic N) is 2. The van der Waals surface area contributed by atoms with Gasteiger partial charge in [-0.15, -0.1) is 0 Å². The maximum absolute atomic E-state index is 11.7. The Bertz CT molecular complexity index is 666. The molecule has 6 heteroatoms. The summed E-state index contributed by atoms with van der Waals surface area (Å²) < 4.78 is 5.07. The van der Waals surface area contributed by atoms with Crippen molar-refractivity contribution < 1.29 is 14.6 Å². The highest BCUT2D eigenvalue weighted by molar-refractivity contribution is 5.71. The molecular weight excluding hydrogens is 342 g/mol. The van der Waals surface area contributed by atoms with Crippen molar-refractivity contribution in [1.29, 1.82) is 0 Å². The van der Waals surface area contributed by atoms with Crippen LogP contribution in [0.15, 0.2) is 24.3 Å². The van der Waals surface area contributed by atoms with Crippen LogP contribution in [0.1, 0.15) is 36.9 Å². The van der Waals surface area contributed by atoms with Crippen molar-refractivity contribution in [2.24, 2.45) is 0 Å². The Hall–Kier alpha value is -1.47. The molecule has 2 fully saturated rings. The van der Waals surface area contributed by atoms with Crippen LogP contribution >= 0.6 is 0 Å². The Balaban J connectivity index is 1.49. The first-order valence-corrected chi connectivity index (χ1v) is 10.3. The molecule has 0 bridgehead atoms. The number of piperazine rings is 1. The van der Waals surface area contributed by atoms with E-state index in [1.54, 1.807) is 0 Å². The summed E-state index contributed by atoms with van der Waals surface area (Å²) in [4.78, 5) is 16.3. The van der Waals surface area contributed by atoms with Gasteiger partial charge in [-0.1, -0.05) is 24.3 Å². The number of nitrogens with one attached hydrogen (secondary N) is 1. The summed E-state index contributed by atoms with van der Waals surface area (Å²) in [6, 6.07) is 8.68. The topological polar surface area (TPSA) is 65.0 Å². The molecule has 6 nitrogen and oxygen atoms in total. The van der Waals surface area contributed by atoms with Gasteiger partial charge in [-0.25, -0.2) is 0 Å². The van der Waals surface area contributed by atoms with Crippen molar-refractivity contribution in [3.05, 3.63) is 35.4 Å². The van der Waals surface area contributed by atoms with Crippen molar-refractivity contribution in [3.8, 4) is 0 Å². The maximum atomic E-state index is 11.7. The third-order valence-electron chi connectivity index (χ3n) is 6.64. The zero-order chi connectivity index (χ0) is 18.9. The second-order valence-electron chi connectivity index (χ2n) is 8.00. The standard InChI is InChI=1S/C21H31N3O3/c1-2-27-18(25)15-23-11-13-24(14-12-23)19-16-5-3-4-6-17(16)21(20(19)26)7-9-22-10-8-21/h3-6,19-20,22,26H,2,7-15H2,1H3/t19-,20+/m0/s1. The summed E-state index contributed by atoms with van der Waals surface area (Å²) in [7, 11) is 0. The number of rotatable bonds is 4. The van der Waals surface area contributed by atoms with Gasteiger partial charge in [0.25, 0.3) is 0 Å². The average Bonchev–Trinajstić information content (AvgIpc) is 2.92. The van der Waals surface area contributed by atoms with Gasteiger partial charge in [0.1, 0.15) is 0 Å². The van der Waals surface area contributed by atoms with Gasteiger partial charge >= 0.3 is 5.97 Å². The monoisotopic (exact) mass is 373 g/mol. The number of hydrogen-bond donors (Lipinski definition) is 2. The van der Waals surface area contributed by atoms with Crippen LogP contribution in [0.2, 0.25) is 0 Å². The molecule has 2 aliphatic heterocycles. The van der Waals surface area contributed by atoms with Crippen LogP contribution in [0, 0.1) is 0 Å². The molecule has 2 N–H and O–H groups in total. The fourth-order valence-electron chi connectivity index (χ4n) is 5.26. The van der Waals surface area contributed by atoms with Crippen molar-refractivity contribution in [1.82, 2.24) is 15.1 Å². The summed E-state index contributed by atoms with van der Waals surface area (Å²) in [5.41, 5.74) is 2.53. The van der Waals surface area contributed by atoms with Gasteiger partial charge in [0.05, 0.1) is 25.3 Å². The average molecular weight is 373 g/mol. The summed E-state index contributed by atoms with van der Waals surface area (Å²) >= 11 is 0. The smallest absolute Gasteiger partial charge is 0.320 e. The summed E-state index contributed by atoms with van der Waals surface area (Å²) in [6.45, 7) is 7.95. The molecule has 2 heterocycles. The molecule has 1 aromatic carbocycles. The normalized spacial score (nSPS) is 28.2. The van der Waals surface area contributed by atoms with E-state index in [2.05, 4.69) is 39.4 Å². The number of fused-ring (bicyclic) bond motifs is 2. The third-order valence-corrected chi connectivity index (χ3v) is 6.64. The van der Waals surface area contributed by atoms with Crippen molar-refractivity contribution in [2.75, 3.05) is 52.4 Å². The first-order valence-electron chi connectivity index (χ1n) is 10.3. The Labute approximate surface area is 161 Å². The number of carbonyl (C=O) groups excluding carboxylic acids is 1. The third kappa shape index (κ3) is 3.40. The SMILES string of the molecule is CCOC(=O)CN1CCN([C@H]2c3ccccc3C3(CCNCC3)[C@@H]2O)CC1. The minimum atomic E-state index is -0.367. The summed E-state index contributed by atoms with van der Waals surface area (Å²) in [5, 5.41) is 14.9. The molecule has 1 spiro atoms. The lowest BCUT2D eigenvalue weighted by molar-refractivity contribution is -0.145. The number of aliphatic hydroxyl groups is 1. The molecule has 0 amide bonds. The van der Waals surface area contributed by atoms with Crippen molar-refractivity contribution in [3.63, 3.8) is 0 Å². The van der Waals surface area contributed by atoms with Crippen LogP contribution in [-0.2, 0) is 14.9 Å². The second-order valence-corrected chi connectivity index (χ2v) is 8.00. The summed E-state index contributed by atoms with van der Waals surface area (Å²) in [6.07, 6.45) is 1.61. The lowest BCUT2D eigenvalue weighted by Crippen LogP contribution is -2.53. The van der Waals surface area contributed by atoms with Gasteiger partial charge in [0.2, 0.25) is 0 Å². The molecule has 0 saturated carbocycles. The van der Waals surface area contributed by atoms with Gasteiger partial charge in [-0.05, 0) is 44.0 Å². The van der Waals surface area contributed by atoms with E-state index in [0.717, 1.165) is 52.1 Å². The molecular formula is C21H31N3O3. The second kappa shape index (κ2) is 7.87. The van der Waals surface area contributed by atoms with Crippen LogP contribution in [0.5, 0.6) is 0 Å². The number of ether oxygens (including phenoxy) is 1. The van der Waals surface area contributed by atoms with E-state index < -0.39 is 0 Å². The highest BCUT2D eigenvalue weighted by atomic mass is 16.5. The number of aliphatic hydroxyl groups excluding tert-OH is 1. The van der Waals surface area contributed by atoms with Crippen molar-refractivity contribution in [2.45, 2.75) is 37.3 Å². The Kier molecular flexibility index (Phi) is 5.50. The van der Waals surface area contributed by atoms with E-state index in [1.807, 2.05) is 6.92 Å². The number of benzene rings is 1. The van der Waals surface area contributed by atoms with E-state index in [4.69, 9.17) is 4.74 Å². The summed E-state index contributed by atoms with van der Waals surface area (Å²) in [5.74, 6) is -0.147. The molecule has 3 aliphatic rings. The van der Waals surface area contributed by atoms with Gasteiger partial charge in [0.15, 0.2) is 0 Å². The molecule has 2 atom stereocenters. The minimum Gasteiger partial charge on any atom is -0.465 e. The predicted octanol–water partition coefficient (Wildman–Crippen LogP) is 0.904. The van der Waals surface area contributed by atoms with E-state index in [0.29, 0.717) is 13.2 Å². The van der Waals surface area contributed by atoms with E-state index in [1.165, 1.54) is 11.1 Å². The van der Waals surface area contributed by atoms with Crippen LogP contribution < -0.4 is 5.32 Å². The van der Waals surface area contributed by atoms with Crippen LogP contribution in [0.4, 0.5) is 0 Å². The minimum absolute atomic E-state index is 0.0593. The largest absolute Gasteiger partial charge is 0.465 e. The van der Waals surface area contributed by atoms with Crippen LogP contribution in [0.3, 0.4) is 0 Å². The molecule has 0 unspecified atom stereocenters. The fourth-order valence-corrected chi connectivity index (χ4v) is 5.26. The number of carbonyl (C=O) groups is 1. The van der Waals surface area contributed by atoms with Crippen molar-refractivity contribution >= 4 is 5.97 Å². The first kappa shape index (κ1) is 18.9. The number of piperidine rings is 1. The molecule has 0 aromatic heterocycles.